The Balaban J connectivity index is 1.41. The number of H-pyrrole nitrogens is 1. The lowest BCUT2D eigenvalue weighted by Gasteiger charge is -2.25. The lowest BCUT2D eigenvalue weighted by molar-refractivity contribution is -0.132. The molecule has 5 heteroatoms. The highest BCUT2D eigenvalue weighted by Crippen LogP contribution is 2.34. The molecule has 2 aromatic carbocycles. The van der Waals surface area contributed by atoms with Gasteiger partial charge < -0.3 is 14.5 Å². The molecule has 1 atom stereocenters. The smallest absolute Gasteiger partial charge is 0.223 e. The van der Waals surface area contributed by atoms with Gasteiger partial charge in [0.05, 0.1) is 6.04 Å². The van der Waals surface area contributed by atoms with E-state index < -0.39 is 0 Å². The van der Waals surface area contributed by atoms with E-state index in [1.54, 1.807) is 12.1 Å². The van der Waals surface area contributed by atoms with Crippen molar-refractivity contribution in [2.45, 2.75) is 31.7 Å². The zero-order valence-corrected chi connectivity index (χ0v) is 17.6. The van der Waals surface area contributed by atoms with Crippen LogP contribution in [0.3, 0.4) is 0 Å². The molecule has 1 saturated heterocycles. The Morgan fingerprint density at radius 1 is 1.10 bits per heavy atom. The second-order valence-electron chi connectivity index (χ2n) is 8.32. The number of likely N-dealkylation sites (tertiary alicyclic amines) is 1. The second kappa shape index (κ2) is 8.06. The number of para-hydroxylation sites is 1. The van der Waals surface area contributed by atoms with E-state index in [4.69, 9.17) is 0 Å². The van der Waals surface area contributed by atoms with Gasteiger partial charge in [-0.25, -0.2) is 4.39 Å². The van der Waals surface area contributed by atoms with Crippen LogP contribution in [-0.4, -0.2) is 26.9 Å². The Bertz CT molecular complexity index is 1220. The minimum absolute atomic E-state index is 0.159. The monoisotopic (exact) mass is 415 g/mol. The Hall–Kier alpha value is -3.34. The van der Waals surface area contributed by atoms with E-state index >= 15 is 0 Å². The average molecular weight is 416 g/mol. The predicted molar refractivity (Wildman–Crippen MR) is 121 cm³/mol. The van der Waals surface area contributed by atoms with Crippen LogP contribution in [0.5, 0.6) is 0 Å². The first kappa shape index (κ1) is 19.6. The molecular formula is C26H26FN3O. The molecule has 0 spiro atoms. The first-order chi connectivity index (χ1) is 15.1. The summed E-state index contributed by atoms with van der Waals surface area (Å²) in [7, 11) is 2.04. The molecule has 1 amide bonds. The normalized spacial score (nSPS) is 16.3. The van der Waals surface area contributed by atoms with Crippen molar-refractivity contribution < 1.29 is 9.18 Å². The highest BCUT2D eigenvalue weighted by atomic mass is 19.1. The molecule has 3 heterocycles. The molecule has 4 nitrogen and oxygen atoms in total. The topological polar surface area (TPSA) is 41.0 Å². The molecule has 4 aromatic rings. The molecular weight excluding hydrogens is 389 g/mol. The van der Waals surface area contributed by atoms with Gasteiger partial charge in [0.25, 0.3) is 0 Å². The number of fused-ring (bicyclic) bond motifs is 1. The summed E-state index contributed by atoms with van der Waals surface area (Å²) in [5.74, 6) is -0.0589. The molecule has 0 aliphatic carbocycles. The van der Waals surface area contributed by atoms with Crippen molar-refractivity contribution in [2.24, 2.45) is 7.05 Å². The van der Waals surface area contributed by atoms with Crippen molar-refractivity contribution >= 4 is 16.8 Å². The summed E-state index contributed by atoms with van der Waals surface area (Å²) in [5, 5.41) is 1.12. The van der Waals surface area contributed by atoms with Gasteiger partial charge in [0.2, 0.25) is 5.91 Å². The van der Waals surface area contributed by atoms with E-state index in [2.05, 4.69) is 21.7 Å². The van der Waals surface area contributed by atoms with Gasteiger partial charge in [0.15, 0.2) is 0 Å². The maximum absolute atomic E-state index is 13.5. The summed E-state index contributed by atoms with van der Waals surface area (Å²) in [4.78, 5) is 18.8. The fourth-order valence-corrected chi connectivity index (χ4v) is 4.89. The van der Waals surface area contributed by atoms with E-state index in [0.717, 1.165) is 47.1 Å². The molecule has 0 saturated carbocycles. The summed E-state index contributed by atoms with van der Waals surface area (Å²) in [6.45, 7) is 0.813. The van der Waals surface area contributed by atoms with Crippen LogP contribution in [0.25, 0.3) is 22.2 Å². The molecule has 5 rings (SSSR count). The Morgan fingerprint density at radius 3 is 2.68 bits per heavy atom. The Labute approximate surface area is 181 Å². The SMILES string of the molecule is Cn1cccc1C1CCCN1C(=O)CCc1c(-c2ccc(F)cc2)[nH]c2ccccc12. The van der Waals surface area contributed by atoms with Crippen molar-refractivity contribution in [1.29, 1.82) is 0 Å². The number of rotatable bonds is 5. The average Bonchev–Trinajstić information content (AvgIpc) is 3.50. The number of carbonyl (C=O) groups is 1. The summed E-state index contributed by atoms with van der Waals surface area (Å²) in [6.07, 6.45) is 5.19. The number of aromatic nitrogens is 2. The molecule has 1 aliphatic heterocycles. The van der Waals surface area contributed by atoms with Crippen LogP contribution >= 0.6 is 0 Å². The third kappa shape index (κ3) is 3.65. The van der Waals surface area contributed by atoms with Gasteiger partial charge in [-0.1, -0.05) is 18.2 Å². The van der Waals surface area contributed by atoms with E-state index in [1.807, 2.05) is 42.4 Å². The maximum Gasteiger partial charge on any atom is 0.223 e. The standard InChI is InChI=1S/C26H26FN3O/c1-29-16-4-8-23(29)24-9-5-17-30(24)25(31)15-14-21-20-6-2-3-7-22(20)28-26(21)18-10-12-19(27)13-11-18/h2-4,6-8,10-13,16,24,28H,5,9,14-15,17H2,1H3. The van der Waals surface area contributed by atoms with E-state index in [9.17, 15) is 9.18 Å². The number of halogens is 1. The molecule has 0 radical (unpaired) electrons. The number of nitrogens with zero attached hydrogens (tertiary/aromatic N) is 2. The lowest BCUT2D eigenvalue weighted by atomic mass is 10.0. The minimum atomic E-state index is -0.252. The summed E-state index contributed by atoms with van der Waals surface area (Å²) in [5.41, 5.74) is 5.25. The van der Waals surface area contributed by atoms with Crippen LogP contribution in [0.15, 0.2) is 66.9 Å². The largest absolute Gasteiger partial charge is 0.354 e. The van der Waals surface area contributed by atoms with Crippen LogP contribution < -0.4 is 0 Å². The van der Waals surface area contributed by atoms with Gasteiger partial charge in [-0.3, -0.25) is 4.79 Å². The van der Waals surface area contributed by atoms with Crippen molar-refractivity contribution in [2.75, 3.05) is 6.54 Å². The number of aryl methyl sites for hydroxylation is 2. The van der Waals surface area contributed by atoms with Crippen LogP contribution in [0.1, 0.15) is 36.6 Å². The van der Waals surface area contributed by atoms with E-state index in [1.165, 1.54) is 17.8 Å². The van der Waals surface area contributed by atoms with Gasteiger partial charge in [-0.05, 0) is 72.9 Å². The fourth-order valence-electron chi connectivity index (χ4n) is 4.89. The maximum atomic E-state index is 13.5. The molecule has 31 heavy (non-hydrogen) atoms. The zero-order chi connectivity index (χ0) is 21.4. The molecule has 158 valence electrons. The summed E-state index contributed by atoms with van der Waals surface area (Å²) < 4.78 is 15.6. The minimum Gasteiger partial charge on any atom is -0.354 e. The molecule has 1 fully saturated rings. The number of carbonyl (C=O) groups excluding carboxylic acids is 1. The zero-order valence-electron chi connectivity index (χ0n) is 17.6. The number of amides is 1. The first-order valence-electron chi connectivity index (χ1n) is 10.9. The number of hydrogen-bond donors (Lipinski definition) is 1. The van der Waals surface area contributed by atoms with Crippen LogP contribution in [0.4, 0.5) is 4.39 Å². The third-order valence-electron chi connectivity index (χ3n) is 6.43. The number of nitrogens with one attached hydrogen (secondary N) is 1. The summed E-state index contributed by atoms with van der Waals surface area (Å²) in [6, 6.07) is 19.0. The molecule has 2 aromatic heterocycles. The molecule has 0 bridgehead atoms. The fraction of sp³-hybridized carbons (Fsp3) is 0.269. The predicted octanol–water partition coefficient (Wildman–Crippen LogP) is 5.61. The van der Waals surface area contributed by atoms with Crippen LogP contribution in [-0.2, 0) is 18.3 Å². The quantitative estimate of drug-likeness (QED) is 0.452. The van der Waals surface area contributed by atoms with Crippen molar-refractivity contribution in [3.8, 4) is 11.3 Å². The number of hydrogen-bond acceptors (Lipinski definition) is 1. The Kier molecular flexibility index (Phi) is 5.10. The lowest BCUT2D eigenvalue weighted by Crippen LogP contribution is -2.31. The number of aromatic amines is 1. The third-order valence-corrected chi connectivity index (χ3v) is 6.43. The van der Waals surface area contributed by atoms with Crippen LogP contribution in [0.2, 0.25) is 0 Å². The highest BCUT2D eigenvalue weighted by Gasteiger charge is 2.31. The number of benzene rings is 2. The van der Waals surface area contributed by atoms with Gasteiger partial charge in [0, 0.05) is 48.5 Å². The molecule has 1 unspecified atom stereocenters. The van der Waals surface area contributed by atoms with Crippen molar-refractivity contribution in [3.63, 3.8) is 0 Å². The van der Waals surface area contributed by atoms with Gasteiger partial charge >= 0.3 is 0 Å². The molecule has 1 N–H and O–H groups in total. The van der Waals surface area contributed by atoms with E-state index in [-0.39, 0.29) is 17.8 Å². The second-order valence-corrected chi connectivity index (χ2v) is 8.32. The van der Waals surface area contributed by atoms with Crippen molar-refractivity contribution in [1.82, 2.24) is 14.5 Å². The van der Waals surface area contributed by atoms with Crippen molar-refractivity contribution in [3.05, 3.63) is 83.9 Å². The van der Waals surface area contributed by atoms with Gasteiger partial charge in [-0.2, -0.15) is 0 Å². The van der Waals surface area contributed by atoms with E-state index in [0.29, 0.717) is 12.8 Å². The van der Waals surface area contributed by atoms with Gasteiger partial charge in [-0.15, -0.1) is 0 Å². The summed E-state index contributed by atoms with van der Waals surface area (Å²) >= 11 is 0. The first-order valence-corrected chi connectivity index (χ1v) is 10.9. The highest BCUT2D eigenvalue weighted by molar-refractivity contribution is 5.91. The van der Waals surface area contributed by atoms with Gasteiger partial charge in [0.1, 0.15) is 5.82 Å². The molecule has 1 aliphatic rings. The Morgan fingerprint density at radius 2 is 1.90 bits per heavy atom. The van der Waals surface area contributed by atoms with Crippen LogP contribution in [0, 0.1) is 5.82 Å².